The molecule has 2 atom stereocenters. The Morgan fingerprint density at radius 3 is 2.85 bits per heavy atom. The third kappa shape index (κ3) is 3.12. The maximum absolute atomic E-state index is 12.2. The van der Waals surface area contributed by atoms with Gasteiger partial charge >= 0.3 is 5.97 Å². The smallest absolute Gasteiger partial charge is 0.310 e. The van der Waals surface area contributed by atoms with Crippen LogP contribution in [0.3, 0.4) is 0 Å². The van der Waals surface area contributed by atoms with Gasteiger partial charge in [-0.15, -0.1) is 0 Å². The van der Waals surface area contributed by atoms with Crippen molar-refractivity contribution in [3.63, 3.8) is 0 Å². The van der Waals surface area contributed by atoms with Gasteiger partial charge in [-0.1, -0.05) is 18.2 Å². The minimum atomic E-state index is -0.0928. The molecule has 1 aliphatic heterocycles. The first-order valence-electron chi connectivity index (χ1n) is 7.28. The molecule has 1 aliphatic rings. The highest BCUT2D eigenvalue weighted by atomic mass is 16.5. The summed E-state index contributed by atoms with van der Waals surface area (Å²) in [6.45, 7) is 3.95. The Hall–Kier alpha value is -1.55. The summed E-state index contributed by atoms with van der Waals surface area (Å²) in [4.78, 5) is 14.3. The summed E-state index contributed by atoms with van der Waals surface area (Å²) in [6, 6.07) is 8.34. The molecule has 0 spiro atoms. The number of carbonyl (C=O) groups is 1. The van der Waals surface area contributed by atoms with Crippen LogP contribution in [0.15, 0.2) is 24.3 Å². The van der Waals surface area contributed by atoms with Crippen LogP contribution in [0.4, 0.5) is 5.69 Å². The summed E-state index contributed by atoms with van der Waals surface area (Å²) in [7, 11) is 4.08. The molecule has 1 heterocycles. The quantitative estimate of drug-likeness (QED) is 0.854. The Morgan fingerprint density at radius 1 is 1.40 bits per heavy atom. The SMILES string of the molecule is CCOC(=O)[C@H]1CNCC[C@H]1c1ccccc1N(C)C. The fraction of sp³-hybridized carbons (Fsp3) is 0.562. The highest BCUT2D eigenvalue weighted by Crippen LogP contribution is 2.36. The minimum Gasteiger partial charge on any atom is -0.466 e. The van der Waals surface area contributed by atoms with Gasteiger partial charge in [0, 0.05) is 32.2 Å². The standard InChI is InChI=1S/C16H24N2O2/c1-4-20-16(19)14-11-17-10-9-12(14)13-7-5-6-8-15(13)18(2)3/h5-8,12,14,17H,4,9-11H2,1-3H3/t12-,14-/m0/s1. The number of benzene rings is 1. The molecule has 1 N–H and O–H groups in total. The molecule has 0 bridgehead atoms. The molecule has 1 fully saturated rings. The van der Waals surface area contributed by atoms with Crippen molar-refractivity contribution in [2.24, 2.45) is 5.92 Å². The van der Waals surface area contributed by atoms with Crippen LogP contribution in [0, 0.1) is 5.92 Å². The van der Waals surface area contributed by atoms with Crippen molar-refractivity contribution >= 4 is 11.7 Å². The molecular weight excluding hydrogens is 252 g/mol. The summed E-state index contributed by atoms with van der Waals surface area (Å²) in [5, 5.41) is 3.31. The summed E-state index contributed by atoms with van der Waals surface area (Å²) in [5.74, 6) is 0.0527. The number of piperidine rings is 1. The average Bonchev–Trinajstić information content (AvgIpc) is 2.47. The first kappa shape index (κ1) is 14.9. The van der Waals surface area contributed by atoms with E-state index in [0.717, 1.165) is 13.0 Å². The van der Waals surface area contributed by atoms with Crippen molar-refractivity contribution in [3.8, 4) is 0 Å². The molecule has 1 aromatic carbocycles. The van der Waals surface area contributed by atoms with Gasteiger partial charge in [0.1, 0.15) is 0 Å². The number of hydrogen-bond donors (Lipinski definition) is 1. The van der Waals surface area contributed by atoms with E-state index in [-0.39, 0.29) is 17.8 Å². The maximum Gasteiger partial charge on any atom is 0.310 e. The lowest BCUT2D eigenvalue weighted by molar-refractivity contribution is -0.149. The van der Waals surface area contributed by atoms with E-state index in [9.17, 15) is 4.79 Å². The lowest BCUT2D eigenvalue weighted by Crippen LogP contribution is -2.40. The van der Waals surface area contributed by atoms with Crippen molar-refractivity contribution < 1.29 is 9.53 Å². The second-order valence-electron chi connectivity index (χ2n) is 5.41. The number of esters is 1. The lowest BCUT2D eigenvalue weighted by atomic mass is 9.80. The third-order valence-corrected chi connectivity index (χ3v) is 3.89. The van der Waals surface area contributed by atoms with Crippen molar-refractivity contribution in [2.45, 2.75) is 19.3 Å². The second kappa shape index (κ2) is 6.75. The normalized spacial score (nSPS) is 22.4. The third-order valence-electron chi connectivity index (χ3n) is 3.89. The largest absolute Gasteiger partial charge is 0.466 e. The van der Waals surface area contributed by atoms with E-state index < -0.39 is 0 Å². The Bertz CT molecular complexity index is 460. The van der Waals surface area contributed by atoms with E-state index in [2.05, 4.69) is 22.3 Å². The predicted octanol–water partition coefficient (Wildman–Crippen LogP) is 2.01. The number of hydrogen-bond acceptors (Lipinski definition) is 4. The van der Waals surface area contributed by atoms with Crippen molar-refractivity contribution in [1.29, 1.82) is 0 Å². The topological polar surface area (TPSA) is 41.6 Å². The molecule has 0 aliphatic carbocycles. The van der Waals surface area contributed by atoms with Gasteiger partial charge in [-0.25, -0.2) is 0 Å². The molecule has 1 saturated heterocycles. The van der Waals surface area contributed by atoms with Gasteiger partial charge in [0.15, 0.2) is 0 Å². The van der Waals surface area contributed by atoms with Crippen molar-refractivity contribution in [1.82, 2.24) is 5.32 Å². The highest BCUT2D eigenvalue weighted by molar-refractivity contribution is 5.75. The van der Waals surface area contributed by atoms with Crippen LogP contribution in [0.2, 0.25) is 0 Å². The zero-order chi connectivity index (χ0) is 14.5. The molecule has 20 heavy (non-hydrogen) atoms. The number of ether oxygens (including phenoxy) is 1. The highest BCUT2D eigenvalue weighted by Gasteiger charge is 2.34. The maximum atomic E-state index is 12.2. The Balaban J connectivity index is 2.30. The summed E-state index contributed by atoms with van der Waals surface area (Å²) < 4.78 is 5.24. The van der Waals surface area contributed by atoms with Crippen LogP contribution in [-0.2, 0) is 9.53 Å². The monoisotopic (exact) mass is 276 g/mol. The fourth-order valence-electron chi connectivity index (χ4n) is 2.94. The van der Waals surface area contributed by atoms with Crippen LogP contribution in [0.5, 0.6) is 0 Å². The van der Waals surface area contributed by atoms with Crippen LogP contribution in [0.25, 0.3) is 0 Å². The second-order valence-corrected chi connectivity index (χ2v) is 5.41. The van der Waals surface area contributed by atoms with E-state index >= 15 is 0 Å². The van der Waals surface area contributed by atoms with Gasteiger partial charge in [-0.05, 0) is 31.5 Å². The zero-order valence-corrected chi connectivity index (χ0v) is 12.6. The fourth-order valence-corrected chi connectivity index (χ4v) is 2.94. The molecule has 4 heteroatoms. The number of nitrogens with zero attached hydrogens (tertiary/aromatic N) is 1. The molecule has 1 aromatic rings. The van der Waals surface area contributed by atoms with Crippen molar-refractivity contribution in [2.75, 3.05) is 38.7 Å². The summed E-state index contributed by atoms with van der Waals surface area (Å²) >= 11 is 0. The van der Waals surface area contributed by atoms with Gasteiger partial charge in [0.05, 0.1) is 12.5 Å². The van der Waals surface area contributed by atoms with E-state index in [4.69, 9.17) is 4.74 Å². The molecular formula is C16H24N2O2. The number of rotatable bonds is 4. The molecule has 0 saturated carbocycles. The number of para-hydroxylation sites is 1. The first-order chi connectivity index (χ1) is 9.65. The number of carbonyl (C=O) groups excluding carboxylic acids is 1. The molecule has 0 aromatic heterocycles. The van der Waals surface area contributed by atoms with Crippen LogP contribution >= 0.6 is 0 Å². The van der Waals surface area contributed by atoms with E-state index in [1.807, 2.05) is 33.2 Å². The summed E-state index contributed by atoms with van der Waals surface area (Å²) in [5.41, 5.74) is 2.44. The Kier molecular flexibility index (Phi) is 5.01. The van der Waals surface area contributed by atoms with Gasteiger partial charge in [0.2, 0.25) is 0 Å². The van der Waals surface area contributed by atoms with Crippen molar-refractivity contribution in [3.05, 3.63) is 29.8 Å². The Morgan fingerprint density at radius 2 is 2.15 bits per heavy atom. The Labute approximate surface area is 121 Å². The molecule has 110 valence electrons. The van der Waals surface area contributed by atoms with Gasteiger partial charge in [-0.2, -0.15) is 0 Å². The number of anilines is 1. The van der Waals surface area contributed by atoms with Crippen LogP contribution in [-0.4, -0.2) is 39.8 Å². The molecule has 2 rings (SSSR count). The van der Waals surface area contributed by atoms with Gasteiger partial charge < -0.3 is 15.0 Å². The minimum absolute atomic E-state index is 0.0849. The molecule has 0 radical (unpaired) electrons. The molecule has 0 unspecified atom stereocenters. The molecule has 0 amide bonds. The van der Waals surface area contributed by atoms with Crippen LogP contribution < -0.4 is 10.2 Å². The van der Waals surface area contributed by atoms with E-state index in [1.165, 1.54) is 11.3 Å². The lowest BCUT2D eigenvalue weighted by Gasteiger charge is -2.33. The first-order valence-corrected chi connectivity index (χ1v) is 7.28. The van der Waals surface area contributed by atoms with Gasteiger partial charge in [-0.3, -0.25) is 4.79 Å². The molecule has 4 nitrogen and oxygen atoms in total. The summed E-state index contributed by atoms with van der Waals surface area (Å²) in [6.07, 6.45) is 0.967. The predicted molar refractivity (Wildman–Crippen MR) is 81.1 cm³/mol. The van der Waals surface area contributed by atoms with E-state index in [0.29, 0.717) is 13.2 Å². The van der Waals surface area contributed by atoms with Crippen LogP contribution in [0.1, 0.15) is 24.8 Å². The number of nitrogens with one attached hydrogen (secondary N) is 1. The zero-order valence-electron chi connectivity index (χ0n) is 12.6. The van der Waals surface area contributed by atoms with E-state index in [1.54, 1.807) is 0 Å². The average molecular weight is 276 g/mol. The van der Waals surface area contributed by atoms with Gasteiger partial charge in [0.25, 0.3) is 0 Å².